The number of aromatic nitrogens is 3. The predicted octanol–water partition coefficient (Wildman–Crippen LogP) is 3.65. The average molecular weight is 376 g/mol. The first kappa shape index (κ1) is 17.3. The second kappa shape index (κ2) is 7.13. The minimum absolute atomic E-state index is 0.0359. The van der Waals surface area contributed by atoms with Gasteiger partial charge in [0.25, 0.3) is 5.91 Å². The lowest BCUT2D eigenvalue weighted by Gasteiger charge is -2.13. The summed E-state index contributed by atoms with van der Waals surface area (Å²) in [7, 11) is 0. The summed E-state index contributed by atoms with van der Waals surface area (Å²) in [6, 6.07) is 14.3. The van der Waals surface area contributed by atoms with E-state index in [1.54, 1.807) is 18.2 Å². The van der Waals surface area contributed by atoms with Crippen LogP contribution in [0, 0.1) is 0 Å². The number of benzene rings is 2. The van der Waals surface area contributed by atoms with Crippen LogP contribution in [0.4, 0.5) is 5.82 Å². The van der Waals surface area contributed by atoms with Crippen molar-refractivity contribution in [3.8, 4) is 5.69 Å². The first-order valence-corrected chi connectivity index (χ1v) is 8.25. The summed E-state index contributed by atoms with van der Waals surface area (Å²) >= 11 is 12.1. The topological polar surface area (TPSA) is 85.8 Å². The molecule has 0 spiro atoms. The average Bonchev–Trinajstić information content (AvgIpc) is 2.97. The van der Waals surface area contributed by atoms with Crippen molar-refractivity contribution in [2.24, 2.45) is 0 Å². The Kier molecular flexibility index (Phi) is 4.92. The van der Waals surface area contributed by atoms with Gasteiger partial charge in [-0.25, -0.2) is 0 Å². The molecule has 1 unspecified atom stereocenters. The largest absolute Gasteiger partial charge is 0.382 e. The van der Waals surface area contributed by atoms with Gasteiger partial charge in [0.05, 0.1) is 16.8 Å². The normalized spacial score (nSPS) is 12.0. The number of carbonyl (C=O) groups excluding carboxylic acids is 1. The molecule has 8 heteroatoms. The molecule has 0 aliphatic rings. The molecular formula is C17H15Cl2N5O. The summed E-state index contributed by atoms with van der Waals surface area (Å²) in [5.41, 5.74) is 7.55. The molecule has 3 rings (SSSR count). The number of carbonyl (C=O) groups is 1. The quantitative estimate of drug-likeness (QED) is 0.728. The lowest BCUT2D eigenvalue weighted by atomic mass is 10.1. The lowest BCUT2D eigenvalue weighted by molar-refractivity contribution is 0.0935. The van der Waals surface area contributed by atoms with Crippen LogP contribution < -0.4 is 11.1 Å². The highest BCUT2D eigenvalue weighted by Gasteiger charge is 2.21. The number of rotatable bonds is 4. The van der Waals surface area contributed by atoms with E-state index in [0.717, 1.165) is 5.56 Å². The Morgan fingerprint density at radius 3 is 2.60 bits per heavy atom. The molecular weight excluding hydrogens is 361 g/mol. The van der Waals surface area contributed by atoms with Gasteiger partial charge in [0.2, 0.25) is 0 Å². The van der Waals surface area contributed by atoms with Gasteiger partial charge in [-0.15, -0.1) is 5.10 Å². The van der Waals surface area contributed by atoms with E-state index in [9.17, 15) is 4.79 Å². The van der Waals surface area contributed by atoms with Crippen LogP contribution in [0.5, 0.6) is 0 Å². The highest BCUT2D eigenvalue weighted by atomic mass is 35.5. The fourth-order valence-corrected chi connectivity index (χ4v) is 2.86. The molecule has 0 saturated heterocycles. The molecule has 0 aliphatic heterocycles. The van der Waals surface area contributed by atoms with Gasteiger partial charge in [0, 0.05) is 5.02 Å². The molecule has 1 amide bonds. The van der Waals surface area contributed by atoms with Crippen molar-refractivity contribution in [3.05, 3.63) is 69.8 Å². The van der Waals surface area contributed by atoms with E-state index in [4.69, 9.17) is 28.9 Å². The van der Waals surface area contributed by atoms with E-state index in [2.05, 4.69) is 15.6 Å². The lowest BCUT2D eigenvalue weighted by Crippen LogP contribution is -2.27. The summed E-state index contributed by atoms with van der Waals surface area (Å²) < 4.78 is 1.31. The Labute approximate surface area is 154 Å². The number of nitrogens with zero attached hydrogens (tertiary/aromatic N) is 3. The van der Waals surface area contributed by atoms with Crippen LogP contribution in [0.3, 0.4) is 0 Å². The maximum atomic E-state index is 12.5. The number of hydrogen-bond acceptors (Lipinski definition) is 4. The molecule has 1 aromatic heterocycles. The number of nitrogens with two attached hydrogens (primary N) is 1. The summed E-state index contributed by atoms with van der Waals surface area (Å²) in [5, 5.41) is 11.5. The molecule has 0 bridgehead atoms. The van der Waals surface area contributed by atoms with Crippen molar-refractivity contribution in [3.63, 3.8) is 0 Å². The molecule has 1 atom stereocenters. The molecule has 6 nitrogen and oxygen atoms in total. The smallest absolute Gasteiger partial charge is 0.276 e. The molecule has 3 N–H and O–H groups in total. The predicted molar refractivity (Wildman–Crippen MR) is 98.1 cm³/mol. The summed E-state index contributed by atoms with van der Waals surface area (Å²) in [6.45, 7) is 1.88. The van der Waals surface area contributed by atoms with Gasteiger partial charge in [0.1, 0.15) is 0 Å². The molecule has 2 aromatic carbocycles. The zero-order chi connectivity index (χ0) is 18.0. The molecule has 0 aliphatic carbocycles. The van der Waals surface area contributed by atoms with Gasteiger partial charge in [-0.1, -0.05) is 58.7 Å². The summed E-state index contributed by atoms with van der Waals surface area (Å²) in [5.74, 6) is -0.313. The van der Waals surface area contributed by atoms with Crippen LogP contribution in [0.25, 0.3) is 5.69 Å². The molecule has 0 fully saturated rings. The SMILES string of the molecule is CC(NC(=O)c1nnn(-c2ccc(Cl)cc2Cl)c1N)c1ccccc1. The Morgan fingerprint density at radius 2 is 1.92 bits per heavy atom. The van der Waals surface area contributed by atoms with E-state index in [0.29, 0.717) is 15.7 Å². The highest BCUT2D eigenvalue weighted by molar-refractivity contribution is 6.35. The number of nitrogens with one attached hydrogen (secondary N) is 1. The van der Waals surface area contributed by atoms with Crippen molar-refractivity contribution in [1.29, 1.82) is 0 Å². The zero-order valence-electron chi connectivity index (χ0n) is 13.3. The molecule has 3 aromatic rings. The van der Waals surface area contributed by atoms with Crippen LogP contribution in [0.1, 0.15) is 29.0 Å². The van der Waals surface area contributed by atoms with Crippen LogP contribution >= 0.6 is 23.2 Å². The van der Waals surface area contributed by atoms with Crippen LogP contribution in [-0.4, -0.2) is 20.9 Å². The maximum absolute atomic E-state index is 12.5. The van der Waals surface area contributed by atoms with E-state index >= 15 is 0 Å². The molecule has 0 radical (unpaired) electrons. The van der Waals surface area contributed by atoms with Crippen LogP contribution in [-0.2, 0) is 0 Å². The van der Waals surface area contributed by atoms with Gasteiger partial charge in [-0.05, 0) is 30.7 Å². The fraction of sp³-hybridized carbons (Fsp3) is 0.118. The van der Waals surface area contributed by atoms with Crippen molar-refractivity contribution in [1.82, 2.24) is 20.3 Å². The monoisotopic (exact) mass is 375 g/mol. The van der Waals surface area contributed by atoms with Gasteiger partial charge >= 0.3 is 0 Å². The van der Waals surface area contributed by atoms with Gasteiger partial charge < -0.3 is 11.1 Å². The summed E-state index contributed by atoms with van der Waals surface area (Å²) in [6.07, 6.45) is 0. The van der Waals surface area contributed by atoms with Crippen molar-refractivity contribution >= 4 is 34.9 Å². The third kappa shape index (κ3) is 3.60. The highest BCUT2D eigenvalue weighted by Crippen LogP contribution is 2.26. The van der Waals surface area contributed by atoms with Gasteiger partial charge in [-0.2, -0.15) is 4.68 Å². The van der Waals surface area contributed by atoms with Gasteiger partial charge in [0.15, 0.2) is 11.5 Å². The minimum atomic E-state index is -0.412. The van der Waals surface area contributed by atoms with Crippen molar-refractivity contribution < 1.29 is 4.79 Å². The Hall–Kier alpha value is -2.57. The molecule has 0 saturated carbocycles. The maximum Gasteiger partial charge on any atom is 0.276 e. The van der Waals surface area contributed by atoms with E-state index in [1.807, 2.05) is 37.3 Å². The number of nitrogen functional groups attached to an aromatic ring is 1. The number of amides is 1. The van der Waals surface area contributed by atoms with E-state index in [-0.39, 0.29) is 17.6 Å². The third-order valence-electron chi connectivity index (χ3n) is 3.71. The van der Waals surface area contributed by atoms with Crippen LogP contribution in [0.2, 0.25) is 10.0 Å². The second-order valence-corrected chi connectivity index (χ2v) is 6.28. The number of hydrogen-bond donors (Lipinski definition) is 2. The van der Waals surface area contributed by atoms with Gasteiger partial charge in [-0.3, -0.25) is 4.79 Å². The summed E-state index contributed by atoms with van der Waals surface area (Å²) in [4.78, 5) is 12.5. The van der Waals surface area contributed by atoms with Crippen molar-refractivity contribution in [2.45, 2.75) is 13.0 Å². The molecule has 25 heavy (non-hydrogen) atoms. The standard InChI is InChI=1S/C17H15Cl2N5O/c1-10(11-5-3-2-4-6-11)21-17(25)15-16(20)24(23-22-15)14-8-7-12(18)9-13(14)19/h2-10H,20H2,1H3,(H,21,25). The van der Waals surface area contributed by atoms with Crippen LogP contribution in [0.15, 0.2) is 48.5 Å². The van der Waals surface area contributed by atoms with Crippen molar-refractivity contribution in [2.75, 3.05) is 5.73 Å². The zero-order valence-corrected chi connectivity index (χ0v) is 14.8. The second-order valence-electron chi connectivity index (χ2n) is 5.44. The number of anilines is 1. The Morgan fingerprint density at radius 1 is 1.20 bits per heavy atom. The first-order valence-electron chi connectivity index (χ1n) is 7.50. The van der Waals surface area contributed by atoms with E-state index in [1.165, 1.54) is 4.68 Å². The molecule has 128 valence electrons. The minimum Gasteiger partial charge on any atom is -0.382 e. The van der Waals surface area contributed by atoms with E-state index < -0.39 is 5.91 Å². The Balaban J connectivity index is 1.84. The Bertz CT molecular complexity index is 911. The molecule has 1 heterocycles. The first-order chi connectivity index (χ1) is 12.0. The fourth-order valence-electron chi connectivity index (χ4n) is 2.37. The third-order valence-corrected chi connectivity index (χ3v) is 4.24. The number of halogens is 2.